The fraction of sp³-hybridized carbons (Fsp3) is 0.350. The number of nitrogens with two attached hydrogens (primary N) is 2. The van der Waals surface area contributed by atoms with Crippen molar-refractivity contribution in [2.75, 3.05) is 16.8 Å². The molecular formula is C20H26N6O. The number of benzene rings is 1. The van der Waals surface area contributed by atoms with Gasteiger partial charge in [0.25, 0.3) is 5.91 Å². The second-order valence-electron chi connectivity index (χ2n) is 7.07. The minimum atomic E-state index is -0.229. The molecule has 0 spiro atoms. The zero-order valence-electron chi connectivity index (χ0n) is 16.0. The molecule has 1 heterocycles. The lowest BCUT2D eigenvalue weighted by Gasteiger charge is -2.30. The molecule has 2 aromatic rings. The minimum absolute atomic E-state index is 0.00605. The Bertz CT molecular complexity index is 850. The van der Waals surface area contributed by atoms with Crippen LogP contribution in [0.15, 0.2) is 36.5 Å². The van der Waals surface area contributed by atoms with Crippen LogP contribution in [0.1, 0.15) is 41.3 Å². The van der Waals surface area contributed by atoms with Crippen molar-refractivity contribution in [2.24, 2.45) is 0 Å². The van der Waals surface area contributed by atoms with E-state index in [1.165, 1.54) is 0 Å². The number of hydrogen-bond donors (Lipinski definition) is 3. The predicted octanol–water partition coefficient (Wildman–Crippen LogP) is 2.88. The third kappa shape index (κ3) is 4.02. The van der Waals surface area contributed by atoms with Gasteiger partial charge in [-0.25, -0.2) is 0 Å². The number of nitrogens with one attached hydrogen (secondary N) is 1. The van der Waals surface area contributed by atoms with Gasteiger partial charge in [-0.1, -0.05) is 24.8 Å². The van der Waals surface area contributed by atoms with Gasteiger partial charge in [-0.05, 0) is 44.7 Å². The van der Waals surface area contributed by atoms with Crippen LogP contribution in [-0.4, -0.2) is 32.9 Å². The van der Waals surface area contributed by atoms with E-state index in [9.17, 15) is 4.79 Å². The highest BCUT2D eigenvalue weighted by molar-refractivity contribution is 5.98. The number of aromatic nitrogens is 2. The molecule has 1 amide bonds. The summed E-state index contributed by atoms with van der Waals surface area (Å²) in [5.74, 6) is 0.881. The highest BCUT2D eigenvalue weighted by Crippen LogP contribution is 2.33. The van der Waals surface area contributed by atoms with Crippen molar-refractivity contribution in [1.29, 1.82) is 0 Å². The molecule has 5 N–H and O–H groups in total. The number of nitrogens with zero attached hydrogens (tertiary/aromatic N) is 3. The first-order valence-electron chi connectivity index (χ1n) is 9.03. The van der Waals surface area contributed by atoms with E-state index < -0.39 is 0 Å². The van der Waals surface area contributed by atoms with Gasteiger partial charge >= 0.3 is 0 Å². The molecule has 1 aliphatic carbocycles. The highest BCUT2D eigenvalue weighted by Gasteiger charge is 2.37. The summed E-state index contributed by atoms with van der Waals surface area (Å²) in [5.41, 5.74) is 14.8. The zero-order valence-corrected chi connectivity index (χ0v) is 16.0. The van der Waals surface area contributed by atoms with Gasteiger partial charge in [-0.2, -0.15) is 9.97 Å². The van der Waals surface area contributed by atoms with Crippen molar-refractivity contribution < 1.29 is 4.79 Å². The van der Waals surface area contributed by atoms with Gasteiger partial charge in [0.1, 0.15) is 11.6 Å². The summed E-state index contributed by atoms with van der Waals surface area (Å²) in [6.45, 7) is 10.1. The number of amides is 1. The summed E-state index contributed by atoms with van der Waals surface area (Å²) >= 11 is 0. The number of anilines is 3. The van der Waals surface area contributed by atoms with Crippen LogP contribution < -0.4 is 16.8 Å². The lowest BCUT2D eigenvalue weighted by Crippen LogP contribution is -2.39. The third-order valence-corrected chi connectivity index (χ3v) is 4.76. The van der Waals surface area contributed by atoms with Gasteiger partial charge in [0.05, 0.1) is 6.04 Å². The lowest BCUT2D eigenvalue weighted by atomic mass is 10.0. The van der Waals surface area contributed by atoms with E-state index in [0.29, 0.717) is 11.5 Å². The maximum absolute atomic E-state index is 13.3. The Morgan fingerprint density at radius 2 is 1.89 bits per heavy atom. The Balaban J connectivity index is 1.84. The van der Waals surface area contributed by atoms with Crippen molar-refractivity contribution >= 4 is 23.5 Å². The Kier molecular flexibility index (Phi) is 5.03. The molecule has 1 atom stereocenters. The second kappa shape index (κ2) is 7.26. The molecule has 142 valence electrons. The Morgan fingerprint density at radius 3 is 2.44 bits per heavy atom. The molecule has 0 saturated heterocycles. The number of hydrogen-bond acceptors (Lipinski definition) is 6. The average Bonchev–Trinajstić information content (AvgIpc) is 3.38. The van der Waals surface area contributed by atoms with E-state index in [1.807, 2.05) is 43.9 Å². The third-order valence-electron chi connectivity index (χ3n) is 4.76. The van der Waals surface area contributed by atoms with E-state index in [0.717, 1.165) is 29.5 Å². The maximum atomic E-state index is 13.3. The summed E-state index contributed by atoms with van der Waals surface area (Å²) in [4.78, 5) is 23.2. The molecule has 0 radical (unpaired) electrons. The van der Waals surface area contributed by atoms with E-state index in [1.54, 1.807) is 6.07 Å². The van der Waals surface area contributed by atoms with Crippen LogP contribution in [0.4, 0.5) is 17.6 Å². The number of rotatable bonds is 6. The fourth-order valence-corrected chi connectivity index (χ4v) is 3.21. The first-order valence-corrected chi connectivity index (χ1v) is 9.03. The van der Waals surface area contributed by atoms with Gasteiger partial charge in [0.2, 0.25) is 5.95 Å². The topological polar surface area (TPSA) is 110 Å². The van der Waals surface area contributed by atoms with Crippen molar-refractivity contribution in [2.45, 2.75) is 45.7 Å². The zero-order chi connectivity index (χ0) is 19.7. The van der Waals surface area contributed by atoms with Crippen LogP contribution in [0.3, 0.4) is 0 Å². The Hall–Kier alpha value is -3.09. The van der Waals surface area contributed by atoms with Crippen LogP contribution in [0, 0.1) is 13.8 Å². The number of carbonyl (C=O) groups excluding carboxylic acids is 1. The Morgan fingerprint density at radius 1 is 1.26 bits per heavy atom. The number of carbonyl (C=O) groups is 1. The monoisotopic (exact) mass is 366 g/mol. The quantitative estimate of drug-likeness (QED) is 0.725. The van der Waals surface area contributed by atoms with Crippen molar-refractivity contribution in [3.05, 3.63) is 53.2 Å². The molecule has 0 unspecified atom stereocenters. The van der Waals surface area contributed by atoms with E-state index in [4.69, 9.17) is 11.5 Å². The molecule has 7 nitrogen and oxygen atoms in total. The van der Waals surface area contributed by atoms with Crippen LogP contribution >= 0.6 is 0 Å². The molecule has 1 aliphatic rings. The maximum Gasteiger partial charge on any atom is 0.258 e. The van der Waals surface area contributed by atoms with Crippen LogP contribution in [0.5, 0.6) is 0 Å². The van der Waals surface area contributed by atoms with Gasteiger partial charge in [-0.3, -0.25) is 4.79 Å². The fourth-order valence-electron chi connectivity index (χ4n) is 3.21. The summed E-state index contributed by atoms with van der Waals surface area (Å²) < 4.78 is 0. The molecule has 0 aliphatic heterocycles. The minimum Gasteiger partial charge on any atom is -0.383 e. The van der Waals surface area contributed by atoms with E-state index >= 15 is 0 Å². The molecule has 1 saturated carbocycles. The van der Waals surface area contributed by atoms with Gasteiger partial charge in [0.15, 0.2) is 0 Å². The molecule has 7 heteroatoms. The molecule has 1 fully saturated rings. The summed E-state index contributed by atoms with van der Waals surface area (Å²) in [6, 6.07) is 7.45. The lowest BCUT2D eigenvalue weighted by molar-refractivity contribution is 0.0789. The molecule has 1 aromatic heterocycles. The smallest absolute Gasteiger partial charge is 0.258 e. The number of nitrogen functional groups attached to an aromatic ring is 2. The summed E-state index contributed by atoms with van der Waals surface area (Å²) in [6.07, 6.45) is 1.96. The van der Waals surface area contributed by atoms with Crippen LogP contribution in [0.25, 0.3) is 0 Å². The standard InChI is InChI=1S/C20H26N6O/c1-11-6-5-7-12(2)18(11)19(27)26(15-8-9-15)14(4)13(3)23-17-10-16(21)24-20(22)25-17/h5-7,10,13,15H,4,8-9H2,1-3H3,(H5,21,22,23,24,25)/t13-/m0/s1. The van der Waals surface area contributed by atoms with Gasteiger partial charge < -0.3 is 21.7 Å². The predicted molar refractivity (Wildman–Crippen MR) is 108 cm³/mol. The van der Waals surface area contributed by atoms with Crippen molar-refractivity contribution in [3.8, 4) is 0 Å². The Labute approximate surface area is 159 Å². The van der Waals surface area contributed by atoms with Crippen molar-refractivity contribution in [1.82, 2.24) is 14.9 Å². The molecule has 1 aromatic carbocycles. The van der Waals surface area contributed by atoms with Gasteiger partial charge in [0, 0.05) is 23.4 Å². The molecule has 3 rings (SSSR count). The first kappa shape index (κ1) is 18.7. The normalized spacial score (nSPS) is 14.5. The van der Waals surface area contributed by atoms with Crippen LogP contribution in [-0.2, 0) is 0 Å². The SMILES string of the molecule is C=C([C@H](C)Nc1cc(N)nc(N)n1)N(C(=O)c1c(C)cccc1C)C1CC1. The summed E-state index contributed by atoms with van der Waals surface area (Å²) in [5, 5.41) is 3.22. The van der Waals surface area contributed by atoms with Crippen molar-refractivity contribution in [3.63, 3.8) is 0 Å². The van der Waals surface area contributed by atoms with Crippen LogP contribution in [0.2, 0.25) is 0 Å². The van der Waals surface area contributed by atoms with E-state index in [-0.39, 0.29) is 29.8 Å². The number of aryl methyl sites for hydroxylation is 2. The second-order valence-corrected chi connectivity index (χ2v) is 7.07. The molecular weight excluding hydrogens is 340 g/mol. The summed E-state index contributed by atoms with van der Waals surface area (Å²) in [7, 11) is 0. The largest absolute Gasteiger partial charge is 0.383 e. The molecule has 0 bridgehead atoms. The van der Waals surface area contributed by atoms with E-state index in [2.05, 4.69) is 21.9 Å². The molecule has 27 heavy (non-hydrogen) atoms. The first-order chi connectivity index (χ1) is 12.8. The van der Waals surface area contributed by atoms with Gasteiger partial charge in [-0.15, -0.1) is 0 Å². The average molecular weight is 366 g/mol. The highest BCUT2D eigenvalue weighted by atomic mass is 16.2.